The van der Waals surface area contributed by atoms with E-state index in [0.717, 1.165) is 29.8 Å². The standard InChI is InChI=1S/C21H27N5O2/c1-25-12-16-13-26(19(27)10-15-6-2-3-7-15)14-18(20(16)24-25)21(28)23-11-17-8-4-5-9-22-17/h4-5,8-9,12,15,18H,2-3,6-7,10-11,13-14H2,1H3,(H,23,28). The lowest BCUT2D eigenvalue weighted by Crippen LogP contribution is -2.44. The molecule has 1 unspecified atom stereocenters. The van der Waals surface area contributed by atoms with Gasteiger partial charge in [-0.15, -0.1) is 0 Å². The Morgan fingerprint density at radius 3 is 2.82 bits per heavy atom. The van der Waals surface area contributed by atoms with Crippen molar-refractivity contribution in [2.45, 2.75) is 51.1 Å². The number of aryl methyl sites for hydroxylation is 1. The second kappa shape index (κ2) is 8.12. The van der Waals surface area contributed by atoms with Crippen molar-refractivity contribution in [1.82, 2.24) is 25.0 Å². The van der Waals surface area contributed by atoms with Crippen LogP contribution in [0.15, 0.2) is 30.6 Å². The molecule has 0 aromatic carbocycles. The van der Waals surface area contributed by atoms with Crippen molar-refractivity contribution >= 4 is 11.8 Å². The van der Waals surface area contributed by atoms with E-state index in [0.29, 0.717) is 32.0 Å². The van der Waals surface area contributed by atoms with Gasteiger partial charge in [-0.2, -0.15) is 5.10 Å². The van der Waals surface area contributed by atoms with Gasteiger partial charge in [-0.1, -0.05) is 18.9 Å². The van der Waals surface area contributed by atoms with E-state index in [4.69, 9.17) is 0 Å². The molecular weight excluding hydrogens is 354 g/mol. The van der Waals surface area contributed by atoms with E-state index in [9.17, 15) is 9.59 Å². The van der Waals surface area contributed by atoms with Crippen LogP contribution in [-0.4, -0.2) is 38.0 Å². The van der Waals surface area contributed by atoms with Crippen molar-refractivity contribution in [2.75, 3.05) is 6.54 Å². The van der Waals surface area contributed by atoms with Gasteiger partial charge in [0.25, 0.3) is 0 Å². The molecule has 2 amide bonds. The van der Waals surface area contributed by atoms with Gasteiger partial charge in [0, 0.05) is 44.5 Å². The number of hydrogen-bond acceptors (Lipinski definition) is 4. The Morgan fingerprint density at radius 2 is 2.07 bits per heavy atom. The maximum Gasteiger partial charge on any atom is 0.231 e. The normalized spacial score (nSPS) is 19.5. The van der Waals surface area contributed by atoms with Crippen LogP contribution in [0.4, 0.5) is 0 Å². The molecule has 2 aromatic heterocycles. The summed E-state index contributed by atoms with van der Waals surface area (Å²) < 4.78 is 1.73. The maximum absolute atomic E-state index is 12.9. The third kappa shape index (κ3) is 4.08. The molecule has 0 spiro atoms. The summed E-state index contributed by atoms with van der Waals surface area (Å²) in [4.78, 5) is 31.9. The summed E-state index contributed by atoms with van der Waals surface area (Å²) in [7, 11) is 1.85. The molecule has 1 N–H and O–H groups in total. The second-order valence-electron chi connectivity index (χ2n) is 7.93. The second-order valence-corrected chi connectivity index (χ2v) is 7.93. The van der Waals surface area contributed by atoms with E-state index in [1.165, 1.54) is 12.8 Å². The number of nitrogens with one attached hydrogen (secondary N) is 1. The van der Waals surface area contributed by atoms with Crippen molar-refractivity contribution < 1.29 is 9.59 Å². The zero-order chi connectivity index (χ0) is 19.5. The number of pyridine rings is 1. The van der Waals surface area contributed by atoms with Crippen LogP contribution in [0.25, 0.3) is 0 Å². The van der Waals surface area contributed by atoms with E-state index in [2.05, 4.69) is 15.4 Å². The average Bonchev–Trinajstić information content (AvgIpc) is 3.34. The lowest BCUT2D eigenvalue weighted by molar-refractivity contribution is -0.134. The summed E-state index contributed by atoms with van der Waals surface area (Å²) in [6.07, 6.45) is 8.97. The summed E-state index contributed by atoms with van der Waals surface area (Å²) in [5.41, 5.74) is 2.56. The fourth-order valence-electron chi connectivity index (χ4n) is 4.34. The van der Waals surface area contributed by atoms with Crippen molar-refractivity contribution in [3.63, 3.8) is 0 Å². The Kier molecular flexibility index (Phi) is 5.41. The minimum absolute atomic E-state index is 0.107. The Labute approximate surface area is 165 Å². The van der Waals surface area contributed by atoms with Gasteiger partial charge >= 0.3 is 0 Å². The maximum atomic E-state index is 12.9. The van der Waals surface area contributed by atoms with Crippen molar-refractivity contribution in [3.05, 3.63) is 47.5 Å². The summed E-state index contributed by atoms with van der Waals surface area (Å²) in [6.45, 7) is 1.30. The zero-order valence-electron chi connectivity index (χ0n) is 16.3. The number of carbonyl (C=O) groups is 2. The van der Waals surface area contributed by atoms with E-state index in [1.54, 1.807) is 10.9 Å². The SMILES string of the molecule is Cn1cc2c(n1)C(C(=O)NCc1ccccn1)CN(C(=O)CC1CCCC1)C2. The molecule has 1 atom stereocenters. The lowest BCUT2D eigenvalue weighted by atomic mass is 9.94. The van der Waals surface area contributed by atoms with Gasteiger partial charge in [0.1, 0.15) is 0 Å². The first-order valence-corrected chi connectivity index (χ1v) is 10.1. The van der Waals surface area contributed by atoms with Crippen LogP contribution in [0.1, 0.15) is 55.0 Å². The molecule has 1 aliphatic carbocycles. The first-order chi connectivity index (χ1) is 13.6. The minimum Gasteiger partial charge on any atom is -0.350 e. The number of aromatic nitrogens is 3. The highest BCUT2D eigenvalue weighted by Gasteiger charge is 2.35. The monoisotopic (exact) mass is 381 g/mol. The molecule has 2 aromatic rings. The Balaban J connectivity index is 1.46. The fourth-order valence-corrected chi connectivity index (χ4v) is 4.34. The van der Waals surface area contributed by atoms with E-state index in [1.807, 2.05) is 36.3 Å². The molecule has 7 heteroatoms. The Hall–Kier alpha value is -2.70. The quantitative estimate of drug-likeness (QED) is 0.860. The van der Waals surface area contributed by atoms with Crippen LogP contribution in [0, 0.1) is 5.92 Å². The number of nitrogens with zero attached hydrogens (tertiary/aromatic N) is 4. The van der Waals surface area contributed by atoms with Crippen molar-refractivity contribution in [3.8, 4) is 0 Å². The molecule has 0 radical (unpaired) electrons. The molecule has 1 fully saturated rings. The Bertz CT molecular complexity index is 842. The molecule has 2 aliphatic rings. The van der Waals surface area contributed by atoms with Gasteiger partial charge in [-0.25, -0.2) is 0 Å². The van der Waals surface area contributed by atoms with Crippen LogP contribution < -0.4 is 5.32 Å². The summed E-state index contributed by atoms with van der Waals surface area (Å²) in [5.74, 6) is 0.105. The molecule has 0 saturated heterocycles. The third-order valence-electron chi connectivity index (χ3n) is 5.81. The van der Waals surface area contributed by atoms with E-state index < -0.39 is 5.92 Å². The largest absolute Gasteiger partial charge is 0.350 e. The minimum atomic E-state index is -0.443. The highest BCUT2D eigenvalue weighted by atomic mass is 16.2. The molecule has 1 saturated carbocycles. The molecule has 0 bridgehead atoms. The van der Waals surface area contributed by atoms with Crippen LogP contribution in [0.3, 0.4) is 0 Å². The fraction of sp³-hybridized carbons (Fsp3) is 0.524. The Morgan fingerprint density at radius 1 is 1.25 bits per heavy atom. The van der Waals surface area contributed by atoms with Crippen LogP contribution in [-0.2, 0) is 29.7 Å². The van der Waals surface area contributed by atoms with Gasteiger partial charge in [0.2, 0.25) is 11.8 Å². The smallest absolute Gasteiger partial charge is 0.231 e. The van der Waals surface area contributed by atoms with E-state index in [-0.39, 0.29) is 11.8 Å². The van der Waals surface area contributed by atoms with Crippen LogP contribution >= 0.6 is 0 Å². The van der Waals surface area contributed by atoms with Crippen molar-refractivity contribution in [1.29, 1.82) is 0 Å². The lowest BCUT2D eigenvalue weighted by Gasteiger charge is -2.32. The summed E-state index contributed by atoms with van der Waals surface area (Å²) >= 11 is 0. The summed E-state index contributed by atoms with van der Waals surface area (Å²) in [6, 6.07) is 5.63. The highest BCUT2D eigenvalue weighted by Crippen LogP contribution is 2.31. The number of amides is 2. The molecular formula is C21H27N5O2. The first kappa shape index (κ1) is 18.7. The zero-order valence-corrected chi connectivity index (χ0v) is 16.3. The topological polar surface area (TPSA) is 80.1 Å². The third-order valence-corrected chi connectivity index (χ3v) is 5.81. The van der Waals surface area contributed by atoms with Crippen LogP contribution in [0.5, 0.6) is 0 Å². The van der Waals surface area contributed by atoms with Gasteiger partial charge < -0.3 is 10.2 Å². The molecule has 148 valence electrons. The highest BCUT2D eigenvalue weighted by molar-refractivity contribution is 5.85. The van der Waals surface area contributed by atoms with Gasteiger partial charge in [-0.05, 0) is 30.9 Å². The van der Waals surface area contributed by atoms with Gasteiger partial charge in [0.15, 0.2) is 0 Å². The van der Waals surface area contributed by atoms with Gasteiger partial charge in [0.05, 0.1) is 23.9 Å². The average molecular weight is 381 g/mol. The number of fused-ring (bicyclic) bond motifs is 1. The molecule has 7 nitrogen and oxygen atoms in total. The molecule has 28 heavy (non-hydrogen) atoms. The van der Waals surface area contributed by atoms with Crippen molar-refractivity contribution in [2.24, 2.45) is 13.0 Å². The molecule has 4 rings (SSSR count). The number of carbonyl (C=O) groups excluding carboxylic acids is 2. The van der Waals surface area contributed by atoms with Gasteiger partial charge in [-0.3, -0.25) is 19.3 Å². The van der Waals surface area contributed by atoms with E-state index >= 15 is 0 Å². The number of rotatable bonds is 5. The molecule has 1 aliphatic heterocycles. The summed E-state index contributed by atoms with van der Waals surface area (Å²) in [5, 5.41) is 7.47. The van der Waals surface area contributed by atoms with Crippen LogP contribution in [0.2, 0.25) is 0 Å². The predicted octanol–water partition coefficient (Wildman–Crippen LogP) is 2.14. The first-order valence-electron chi connectivity index (χ1n) is 10.1. The number of hydrogen-bond donors (Lipinski definition) is 1. The predicted molar refractivity (Wildman–Crippen MR) is 104 cm³/mol. The molecule has 3 heterocycles.